The van der Waals surface area contributed by atoms with Crippen LogP contribution >= 0.6 is 0 Å². The molecule has 1 atom stereocenters. The van der Waals surface area contributed by atoms with Gasteiger partial charge in [0, 0.05) is 11.8 Å². The maximum absolute atomic E-state index is 11.6. The summed E-state index contributed by atoms with van der Waals surface area (Å²) in [6.07, 6.45) is 1.61. The first kappa shape index (κ1) is 16.9. The Morgan fingerprint density at radius 3 is 1.80 bits per heavy atom. The Morgan fingerprint density at radius 1 is 0.800 bits per heavy atom. The molecule has 3 heteroatoms. The summed E-state index contributed by atoms with van der Waals surface area (Å²) in [5.74, 6) is 0.168. The van der Waals surface area contributed by atoms with Gasteiger partial charge in [0.15, 0.2) is 0 Å². The maximum atomic E-state index is 11.6. The number of para-hydroxylation sites is 1. The monoisotopic (exact) mass is 331 g/mol. The molecule has 25 heavy (non-hydrogen) atoms. The SMILES string of the molecule is CC(N=Cc1ccccc1O)C(O)(c1ccccc1)c1ccccc1. The van der Waals surface area contributed by atoms with Gasteiger partial charge < -0.3 is 10.2 Å². The van der Waals surface area contributed by atoms with E-state index in [0.717, 1.165) is 11.1 Å². The molecule has 0 saturated carbocycles. The molecule has 0 spiro atoms. The lowest BCUT2D eigenvalue weighted by atomic mass is 9.81. The number of phenols is 1. The van der Waals surface area contributed by atoms with Gasteiger partial charge in [-0.1, -0.05) is 72.8 Å². The van der Waals surface area contributed by atoms with Crippen LogP contribution in [0.5, 0.6) is 5.75 Å². The Labute approximate surface area is 147 Å². The second-order valence-electron chi connectivity index (χ2n) is 6.01. The van der Waals surface area contributed by atoms with Gasteiger partial charge in [0.05, 0.1) is 6.04 Å². The van der Waals surface area contributed by atoms with Crippen molar-refractivity contribution in [2.45, 2.75) is 18.6 Å². The van der Waals surface area contributed by atoms with E-state index in [1.54, 1.807) is 24.4 Å². The number of nitrogens with zero attached hydrogens (tertiary/aromatic N) is 1. The van der Waals surface area contributed by atoms with E-state index in [1.807, 2.05) is 73.7 Å². The van der Waals surface area contributed by atoms with Gasteiger partial charge in [-0.3, -0.25) is 4.99 Å². The maximum Gasteiger partial charge on any atom is 0.137 e. The number of hydrogen-bond donors (Lipinski definition) is 2. The van der Waals surface area contributed by atoms with Crippen molar-refractivity contribution in [3.05, 3.63) is 102 Å². The number of aromatic hydroxyl groups is 1. The fourth-order valence-electron chi connectivity index (χ4n) is 2.93. The first-order chi connectivity index (χ1) is 12.1. The van der Waals surface area contributed by atoms with Crippen molar-refractivity contribution in [2.24, 2.45) is 4.99 Å². The molecular weight excluding hydrogens is 310 g/mol. The molecule has 0 amide bonds. The zero-order valence-corrected chi connectivity index (χ0v) is 14.1. The average Bonchev–Trinajstić information content (AvgIpc) is 2.68. The van der Waals surface area contributed by atoms with Crippen LogP contribution in [0.25, 0.3) is 0 Å². The predicted molar refractivity (Wildman–Crippen MR) is 101 cm³/mol. The molecule has 3 nitrogen and oxygen atoms in total. The number of aliphatic hydroxyl groups is 1. The van der Waals surface area contributed by atoms with Crippen LogP contribution in [0.15, 0.2) is 89.9 Å². The van der Waals surface area contributed by atoms with Crippen molar-refractivity contribution < 1.29 is 10.2 Å². The van der Waals surface area contributed by atoms with Crippen LogP contribution in [0.3, 0.4) is 0 Å². The smallest absolute Gasteiger partial charge is 0.137 e. The van der Waals surface area contributed by atoms with Gasteiger partial charge in [-0.05, 0) is 30.2 Å². The van der Waals surface area contributed by atoms with Crippen LogP contribution in [0.2, 0.25) is 0 Å². The fraction of sp³-hybridized carbons (Fsp3) is 0.136. The normalized spacial score (nSPS) is 13.0. The van der Waals surface area contributed by atoms with Crippen LogP contribution < -0.4 is 0 Å². The van der Waals surface area contributed by atoms with E-state index in [0.29, 0.717) is 5.56 Å². The topological polar surface area (TPSA) is 52.8 Å². The molecule has 0 aliphatic rings. The van der Waals surface area contributed by atoms with E-state index >= 15 is 0 Å². The second-order valence-corrected chi connectivity index (χ2v) is 6.01. The summed E-state index contributed by atoms with van der Waals surface area (Å²) in [6, 6.07) is 25.6. The van der Waals surface area contributed by atoms with E-state index < -0.39 is 11.6 Å². The first-order valence-electron chi connectivity index (χ1n) is 8.27. The van der Waals surface area contributed by atoms with Gasteiger partial charge in [-0.25, -0.2) is 0 Å². The van der Waals surface area contributed by atoms with E-state index in [4.69, 9.17) is 0 Å². The molecular formula is C22H21NO2. The molecule has 126 valence electrons. The molecule has 2 N–H and O–H groups in total. The van der Waals surface area contributed by atoms with Gasteiger partial charge >= 0.3 is 0 Å². The quantitative estimate of drug-likeness (QED) is 0.691. The number of benzene rings is 3. The van der Waals surface area contributed by atoms with Crippen molar-refractivity contribution in [3.63, 3.8) is 0 Å². The third-order valence-electron chi connectivity index (χ3n) is 4.41. The lowest BCUT2D eigenvalue weighted by Crippen LogP contribution is -2.38. The standard InChI is InChI=1S/C22H21NO2/c1-17(23-16-18-10-8-9-15-21(18)24)22(25,19-11-4-2-5-12-19)20-13-6-3-7-14-20/h2-17,24-25H,1H3. The molecule has 0 radical (unpaired) electrons. The van der Waals surface area contributed by atoms with Crippen LogP contribution in [0, 0.1) is 0 Å². The summed E-state index contributed by atoms with van der Waals surface area (Å²) in [4.78, 5) is 4.55. The Hall–Kier alpha value is -2.91. The number of aliphatic imine (C=N–C) groups is 1. The highest BCUT2D eigenvalue weighted by Crippen LogP contribution is 2.34. The highest BCUT2D eigenvalue weighted by molar-refractivity contribution is 5.83. The fourth-order valence-corrected chi connectivity index (χ4v) is 2.93. The molecule has 3 aromatic rings. The average molecular weight is 331 g/mol. The van der Waals surface area contributed by atoms with E-state index in [9.17, 15) is 10.2 Å². The third-order valence-corrected chi connectivity index (χ3v) is 4.41. The largest absolute Gasteiger partial charge is 0.507 e. The molecule has 0 aromatic heterocycles. The first-order valence-corrected chi connectivity index (χ1v) is 8.27. The van der Waals surface area contributed by atoms with E-state index in [1.165, 1.54) is 0 Å². The molecule has 0 saturated heterocycles. The molecule has 0 heterocycles. The number of rotatable bonds is 5. The molecule has 0 fully saturated rings. The minimum atomic E-state index is -1.26. The number of phenolic OH excluding ortho intramolecular Hbond substituents is 1. The van der Waals surface area contributed by atoms with Gasteiger partial charge in [-0.15, -0.1) is 0 Å². The minimum absolute atomic E-state index is 0.168. The molecule has 0 aliphatic heterocycles. The van der Waals surface area contributed by atoms with Crippen molar-refractivity contribution in [2.75, 3.05) is 0 Å². The van der Waals surface area contributed by atoms with Crippen LogP contribution in [0.4, 0.5) is 0 Å². The Morgan fingerprint density at radius 2 is 1.28 bits per heavy atom. The highest BCUT2D eigenvalue weighted by atomic mass is 16.3. The van der Waals surface area contributed by atoms with Crippen LogP contribution in [0.1, 0.15) is 23.6 Å². The van der Waals surface area contributed by atoms with Crippen molar-refractivity contribution in [1.82, 2.24) is 0 Å². The molecule has 0 bridgehead atoms. The summed E-state index contributed by atoms with van der Waals surface area (Å²) >= 11 is 0. The summed E-state index contributed by atoms with van der Waals surface area (Å²) in [5.41, 5.74) is 0.924. The third kappa shape index (κ3) is 3.47. The Bertz CT molecular complexity index is 805. The highest BCUT2D eigenvalue weighted by Gasteiger charge is 2.37. The van der Waals surface area contributed by atoms with Gasteiger partial charge in [-0.2, -0.15) is 0 Å². The molecule has 0 aliphatic carbocycles. The molecule has 1 unspecified atom stereocenters. The van der Waals surface area contributed by atoms with Crippen molar-refractivity contribution in [1.29, 1.82) is 0 Å². The van der Waals surface area contributed by atoms with Crippen molar-refractivity contribution in [3.8, 4) is 5.75 Å². The summed E-state index contributed by atoms with van der Waals surface area (Å²) in [5, 5.41) is 21.5. The van der Waals surface area contributed by atoms with Gasteiger partial charge in [0.2, 0.25) is 0 Å². The summed E-state index contributed by atoms with van der Waals surface area (Å²) in [7, 11) is 0. The van der Waals surface area contributed by atoms with Crippen LogP contribution in [-0.2, 0) is 5.60 Å². The van der Waals surface area contributed by atoms with E-state index in [2.05, 4.69) is 4.99 Å². The molecule has 3 rings (SSSR count). The summed E-state index contributed by atoms with van der Waals surface area (Å²) in [6.45, 7) is 1.87. The second kappa shape index (κ2) is 7.32. The Kier molecular flexibility index (Phi) is 4.96. The van der Waals surface area contributed by atoms with Crippen molar-refractivity contribution >= 4 is 6.21 Å². The summed E-state index contributed by atoms with van der Waals surface area (Å²) < 4.78 is 0. The lowest BCUT2D eigenvalue weighted by Gasteiger charge is -2.33. The minimum Gasteiger partial charge on any atom is -0.507 e. The zero-order valence-electron chi connectivity index (χ0n) is 14.1. The zero-order chi connectivity index (χ0) is 17.7. The van der Waals surface area contributed by atoms with Crippen LogP contribution in [-0.4, -0.2) is 22.5 Å². The lowest BCUT2D eigenvalue weighted by molar-refractivity contribution is 0.0589. The predicted octanol–water partition coefficient (Wildman–Crippen LogP) is 4.14. The van der Waals surface area contributed by atoms with Gasteiger partial charge in [0.25, 0.3) is 0 Å². The number of hydrogen-bond acceptors (Lipinski definition) is 3. The van der Waals surface area contributed by atoms with E-state index in [-0.39, 0.29) is 5.75 Å². The van der Waals surface area contributed by atoms with Gasteiger partial charge in [0.1, 0.15) is 11.4 Å². The Balaban J connectivity index is 2.02. The molecule has 3 aromatic carbocycles.